The van der Waals surface area contributed by atoms with E-state index in [4.69, 9.17) is 4.74 Å². The van der Waals surface area contributed by atoms with Gasteiger partial charge in [0.1, 0.15) is 0 Å². The zero-order chi connectivity index (χ0) is 14.4. The van der Waals surface area contributed by atoms with E-state index in [0.717, 1.165) is 12.8 Å². The van der Waals surface area contributed by atoms with E-state index < -0.39 is 4.92 Å². The van der Waals surface area contributed by atoms with Crippen molar-refractivity contribution >= 4 is 16.7 Å². The van der Waals surface area contributed by atoms with Gasteiger partial charge in [0.2, 0.25) is 5.88 Å². The first-order valence-corrected chi connectivity index (χ1v) is 6.74. The molecule has 0 saturated carbocycles. The molecule has 0 amide bonds. The van der Waals surface area contributed by atoms with E-state index in [0.29, 0.717) is 23.5 Å². The molecular weight excluding hydrogens is 258 g/mol. The van der Waals surface area contributed by atoms with Gasteiger partial charge in [-0.3, -0.25) is 10.1 Å². The summed E-state index contributed by atoms with van der Waals surface area (Å²) in [6.07, 6.45) is 6.04. The van der Waals surface area contributed by atoms with Crippen LogP contribution in [0.1, 0.15) is 32.6 Å². The van der Waals surface area contributed by atoms with Crippen LogP contribution in [0.15, 0.2) is 24.4 Å². The average molecular weight is 275 g/mol. The summed E-state index contributed by atoms with van der Waals surface area (Å²) in [7, 11) is 0. The van der Waals surface area contributed by atoms with Gasteiger partial charge in [0.15, 0.2) is 0 Å². The molecule has 0 aliphatic rings. The number of rotatable bonds is 7. The van der Waals surface area contributed by atoms with Crippen molar-refractivity contribution in [3.05, 3.63) is 34.5 Å². The van der Waals surface area contributed by atoms with Crippen LogP contribution in [-0.2, 0) is 0 Å². The van der Waals surface area contributed by atoms with Crippen LogP contribution in [-0.4, -0.2) is 21.5 Å². The molecule has 0 N–H and O–H groups in total. The molecule has 0 atom stereocenters. The molecule has 0 aliphatic heterocycles. The number of nitro groups is 1. The highest BCUT2D eigenvalue weighted by atomic mass is 16.6. The summed E-state index contributed by atoms with van der Waals surface area (Å²) in [5.41, 5.74) is 1.11. The molecule has 0 saturated heterocycles. The zero-order valence-corrected chi connectivity index (χ0v) is 11.4. The van der Waals surface area contributed by atoms with E-state index in [-0.39, 0.29) is 5.69 Å². The maximum atomic E-state index is 10.7. The molecule has 6 nitrogen and oxygen atoms in total. The largest absolute Gasteiger partial charge is 0.477 e. The van der Waals surface area contributed by atoms with Crippen LogP contribution in [0.4, 0.5) is 5.69 Å². The van der Waals surface area contributed by atoms with Crippen molar-refractivity contribution in [1.29, 1.82) is 0 Å². The third-order valence-electron chi connectivity index (χ3n) is 2.96. The Kier molecular flexibility index (Phi) is 4.81. The van der Waals surface area contributed by atoms with Crippen molar-refractivity contribution < 1.29 is 9.66 Å². The lowest BCUT2D eigenvalue weighted by atomic mass is 10.2. The van der Waals surface area contributed by atoms with Crippen LogP contribution >= 0.6 is 0 Å². The first kappa shape index (κ1) is 14.2. The standard InChI is InChI=1S/C14H17N3O3/c1-2-3-4-5-8-20-14-10-15-13-9-11(17(18)19)6-7-12(13)16-14/h6-7,9-10H,2-5,8H2,1H3. The van der Waals surface area contributed by atoms with Gasteiger partial charge in [-0.15, -0.1) is 0 Å². The fourth-order valence-corrected chi connectivity index (χ4v) is 1.87. The Balaban J connectivity index is 2.02. The highest BCUT2D eigenvalue weighted by molar-refractivity contribution is 5.77. The molecular formula is C14H17N3O3. The predicted octanol–water partition coefficient (Wildman–Crippen LogP) is 3.50. The van der Waals surface area contributed by atoms with Crippen molar-refractivity contribution in [3.8, 4) is 5.88 Å². The van der Waals surface area contributed by atoms with Crippen molar-refractivity contribution in [2.24, 2.45) is 0 Å². The minimum Gasteiger partial charge on any atom is -0.477 e. The monoisotopic (exact) mass is 275 g/mol. The molecule has 0 spiro atoms. The second-order valence-electron chi connectivity index (χ2n) is 4.55. The van der Waals surface area contributed by atoms with Gasteiger partial charge < -0.3 is 4.74 Å². The summed E-state index contributed by atoms with van der Waals surface area (Å²) < 4.78 is 5.53. The number of unbranched alkanes of at least 4 members (excludes halogenated alkanes) is 3. The summed E-state index contributed by atoms with van der Waals surface area (Å²) in [5.74, 6) is 0.461. The maximum absolute atomic E-state index is 10.7. The van der Waals surface area contributed by atoms with E-state index in [1.54, 1.807) is 6.07 Å². The normalized spacial score (nSPS) is 10.7. The van der Waals surface area contributed by atoms with E-state index in [1.165, 1.54) is 31.2 Å². The smallest absolute Gasteiger partial charge is 0.271 e. The van der Waals surface area contributed by atoms with Gasteiger partial charge in [-0.05, 0) is 12.5 Å². The van der Waals surface area contributed by atoms with Crippen LogP contribution in [0.5, 0.6) is 5.88 Å². The van der Waals surface area contributed by atoms with Crippen molar-refractivity contribution in [2.45, 2.75) is 32.6 Å². The Morgan fingerprint density at radius 3 is 2.85 bits per heavy atom. The van der Waals surface area contributed by atoms with Crippen LogP contribution in [0.2, 0.25) is 0 Å². The van der Waals surface area contributed by atoms with E-state index in [9.17, 15) is 10.1 Å². The van der Waals surface area contributed by atoms with Gasteiger partial charge in [-0.25, -0.2) is 9.97 Å². The topological polar surface area (TPSA) is 78.2 Å². The number of nitrogens with zero attached hydrogens (tertiary/aromatic N) is 3. The van der Waals surface area contributed by atoms with Crippen molar-refractivity contribution in [2.75, 3.05) is 6.61 Å². The molecule has 0 unspecified atom stereocenters. The number of benzene rings is 1. The van der Waals surface area contributed by atoms with Crippen LogP contribution in [0.3, 0.4) is 0 Å². The summed E-state index contributed by atoms with van der Waals surface area (Å²) in [6.45, 7) is 2.78. The number of hydrogen-bond donors (Lipinski definition) is 0. The summed E-state index contributed by atoms with van der Waals surface area (Å²) in [4.78, 5) is 18.7. The number of nitro benzene ring substituents is 1. The number of aromatic nitrogens is 2. The predicted molar refractivity (Wildman–Crippen MR) is 75.8 cm³/mol. The zero-order valence-electron chi connectivity index (χ0n) is 11.4. The molecule has 0 fully saturated rings. The summed E-state index contributed by atoms with van der Waals surface area (Å²) in [5, 5.41) is 10.7. The first-order chi connectivity index (χ1) is 9.70. The molecule has 0 bridgehead atoms. The Morgan fingerprint density at radius 2 is 2.10 bits per heavy atom. The minimum atomic E-state index is -0.445. The van der Waals surface area contributed by atoms with E-state index in [1.807, 2.05) is 0 Å². The highest BCUT2D eigenvalue weighted by Crippen LogP contribution is 2.19. The third kappa shape index (κ3) is 3.63. The number of hydrogen-bond acceptors (Lipinski definition) is 5. The van der Waals surface area contributed by atoms with Gasteiger partial charge in [0.05, 0.1) is 28.8 Å². The Morgan fingerprint density at radius 1 is 1.25 bits per heavy atom. The number of fused-ring (bicyclic) bond motifs is 1. The van der Waals surface area contributed by atoms with Gasteiger partial charge in [-0.2, -0.15) is 0 Å². The van der Waals surface area contributed by atoms with Crippen molar-refractivity contribution in [3.63, 3.8) is 0 Å². The average Bonchev–Trinajstić information content (AvgIpc) is 2.46. The second kappa shape index (κ2) is 6.79. The fourth-order valence-electron chi connectivity index (χ4n) is 1.87. The third-order valence-corrected chi connectivity index (χ3v) is 2.96. The SMILES string of the molecule is CCCCCCOc1cnc2cc([N+](=O)[O-])ccc2n1. The van der Waals surface area contributed by atoms with Crippen LogP contribution in [0, 0.1) is 10.1 Å². The lowest BCUT2D eigenvalue weighted by Crippen LogP contribution is -2.00. The highest BCUT2D eigenvalue weighted by Gasteiger charge is 2.08. The second-order valence-corrected chi connectivity index (χ2v) is 4.55. The molecule has 2 rings (SSSR count). The van der Waals surface area contributed by atoms with Crippen LogP contribution in [0.25, 0.3) is 11.0 Å². The van der Waals surface area contributed by atoms with Gasteiger partial charge in [0, 0.05) is 12.1 Å². The lowest BCUT2D eigenvalue weighted by Gasteiger charge is -2.05. The van der Waals surface area contributed by atoms with Crippen molar-refractivity contribution in [1.82, 2.24) is 9.97 Å². The molecule has 1 aromatic carbocycles. The molecule has 6 heteroatoms. The fraction of sp³-hybridized carbons (Fsp3) is 0.429. The number of non-ortho nitro benzene ring substituents is 1. The van der Waals surface area contributed by atoms with E-state index >= 15 is 0 Å². The number of ether oxygens (including phenoxy) is 1. The Labute approximate surface area is 117 Å². The van der Waals surface area contributed by atoms with Crippen LogP contribution < -0.4 is 4.74 Å². The van der Waals surface area contributed by atoms with Gasteiger partial charge in [0.25, 0.3) is 5.69 Å². The molecule has 0 radical (unpaired) electrons. The Bertz CT molecular complexity index is 601. The molecule has 20 heavy (non-hydrogen) atoms. The Hall–Kier alpha value is -2.24. The molecule has 106 valence electrons. The van der Waals surface area contributed by atoms with E-state index in [2.05, 4.69) is 16.9 Å². The molecule has 1 heterocycles. The summed E-state index contributed by atoms with van der Waals surface area (Å²) in [6, 6.07) is 4.42. The van der Waals surface area contributed by atoms with Gasteiger partial charge in [-0.1, -0.05) is 26.2 Å². The lowest BCUT2D eigenvalue weighted by molar-refractivity contribution is -0.384. The molecule has 1 aromatic heterocycles. The summed E-state index contributed by atoms with van der Waals surface area (Å²) >= 11 is 0. The maximum Gasteiger partial charge on any atom is 0.271 e. The molecule has 0 aliphatic carbocycles. The molecule has 2 aromatic rings. The quantitative estimate of drug-likeness (QED) is 0.439. The van der Waals surface area contributed by atoms with Gasteiger partial charge >= 0.3 is 0 Å². The minimum absolute atomic E-state index is 0.0139. The first-order valence-electron chi connectivity index (χ1n) is 6.74.